The van der Waals surface area contributed by atoms with Crippen LogP contribution in [0.1, 0.15) is 38.2 Å². The maximum Gasteiger partial charge on any atom is 0.227 e. The van der Waals surface area contributed by atoms with Gasteiger partial charge < -0.3 is 16.3 Å². The van der Waals surface area contributed by atoms with E-state index in [2.05, 4.69) is 17.4 Å². The van der Waals surface area contributed by atoms with Crippen LogP contribution in [-0.4, -0.2) is 17.0 Å². The van der Waals surface area contributed by atoms with Gasteiger partial charge in [0.1, 0.15) is 5.82 Å². The summed E-state index contributed by atoms with van der Waals surface area (Å²) in [5.41, 5.74) is 5.77. The van der Waals surface area contributed by atoms with Crippen molar-refractivity contribution in [3.8, 4) is 0 Å². The van der Waals surface area contributed by atoms with E-state index in [4.69, 9.17) is 10.9 Å². The molecule has 5 nitrogen and oxygen atoms in total. The Morgan fingerprint density at radius 3 is 2.62 bits per heavy atom. The van der Waals surface area contributed by atoms with Crippen molar-refractivity contribution in [2.24, 2.45) is 22.7 Å². The zero-order valence-corrected chi connectivity index (χ0v) is 12.0. The van der Waals surface area contributed by atoms with Crippen molar-refractivity contribution in [2.75, 3.05) is 5.32 Å². The Morgan fingerprint density at radius 2 is 2.05 bits per heavy atom. The van der Waals surface area contributed by atoms with Crippen LogP contribution in [0.5, 0.6) is 0 Å². The summed E-state index contributed by atoms with van der Waals surface area (Å²) in [4.78, 5) is 12.1. The predicted octanol–water partition coefficient (Wildman–Crippen LogP) is 2.69. The summed E-state index contributed by atoms with van der Waals surface area (Å²) in [5, 5.41) is 14.0. The third kappa shape index (κ3) is 3.71. The number of amides is 1. The Hall–Kier alpha value is -2.11. The van der Waals surface area contributed by atoms with Crippen molar-refractivity contribution in [1.82, 2.24) is 0 Å². The van der Waals surface area contributed by atoms with Gasteiger partial charge in [-0.25, -0.2) is 4.39 Å². The molecule has 1 aromatic carbocycles. The molecule has 0 unspecified atom stereocenters. The maximum atomic E-state index is 13.9. The molecule has 1 saturated carbocycles. The number of carbonyl (C=O) groups is 1. The fraction of sp³-hybridized carbons (Fsp3) is 0.467. The van der Waals surface area contributed by atoms with Gasteiger partial charge in [-0.3, -0.25) is 4.79 Å². The van der Waals surface area contributed by atoms with Crippen molar-refractivity contribution in [1.29, 1.82) is 0 Å². The largest absolute Gasteiger partial charge is 0.409 e. The second-order valence-corrected chi connectivity index (χ2v) is 5.63. The van der Waals surface area contributed by atoms with Gasteiger partial charge in [0.25, 0.3) is 0 Å². The van der Waals surface area contributed by atoms with E-state index in [0.29, 0.717) is 5.92 Å². The molecule has 6 heteroatoms. The first-order valence-corrected chi connectivity index (χ1v) is 7.09. The van der Waals surface area contributed by atoms with Crippen LogP contribution >= 0.6 is 0 Å². The number of rotatable bonds is 3. The van der Waals surface area contributed by atoms with Gasteiger partial charge in [0.05, 0.1) is 5.69 Å². The number of amidine groups is 1. The summed E-state index contributed by atoms with van der Waals surface area (Å²) in [6.45, 7) is 2.18. The highest BCUT2D eigenvalue weighted by Crippen LogP contribution is 2.29. The lowest BCUT2D eigenvalue weighted by atomic mass is 9.82. The number of halogens is 1. The third-order valence-electron chi connectivity index (χ3n) is 4.02. The second-order valence-electron chi connectivity index (χ2n) is 5.63. The number of nitrogens with one attached hydrogen (secondary N) is 1. The van der Waals surface area contributed by atoms with E-state index in [9.17, 15) is 9.18 Å². The lowest BCUT2D eigenvalue weighted by Gasteiger charge is -2.25. The number of carbonyl (C=O) groups excluding carboxylic acids is 1. The topological polar surface area (TPSA) is 87.7 Å². The Kier molecular flexibility index (Phi) is 4.77. The summed E-state index contributed by atoms with van der Waals surface area (Å²) in [6.07, 6.45) is 3.75. The lowest BCUT2D eigenvalue weighted by Crippen LogP contribution is -2.27. The number of benzene rings is 1. The van der Waals surface area contributed by atoms with Crippen LogP contribution in [0.15, 0.2) is 23.4 Å². The van der Waals surface area contributed by atoms with E-state index in [1.54, 1.807) is 0 Å². The van der Waals surface area contributed by atoms with Crippen molar-refractivity contribution in [2.45, 2.75) is 32.6 Å². The quantitative estimate of drug-likeness (QED) is 0.346. The molecule has 0 bridgehead atoms. The molecule has 4 N–H and O–H groups in total. The molecule has 1 aliphatic rings. The molecule has 0 heterocycles. The fourth-order valence-corrected chi connectivity index (χ4v) is 2.59. The highest BCUT2D eigenvalue weighted by atomic mass is 19.1. The van der Waals surface area contributed by atoms with Gasteiger partial charge in [0.2, 0.25) is 5.91 Å². The first-order valence-electron chi connectivity index (χ1n) is 7.09. The lowest BCUT2D eigenvalue weighted by molar-refractivity contribution is -0.121. The second kappa shape index (κ2) is 6.56. The molecular formula is C15H20FN3O2. The van der Waals surface area contributed by atoms with Crippen molar-refractivity contribution in [3.63, 3.8) is 0 Å². The first-order chi connectivity index (χ1) is 10.0. The molecule has 114 valence electrons. The molecule has 0 spiro atoms. The van der Waals surface area contributed by atoms with Gasteiger partial charge in [-0.2, -0.15) is 0 Å². The Balaban J connectivity index is 2.04. The van der Waals surface area contributed by atoms with Gasteiger partial charge >= 0.3 is 0 Å². The number of hydrogen-bond acceptors (Lipinski definition) is 3. The predicted molar refractivity (Wildman–Crippen MR) is 78.7 cm³/mol. The Labute approximate surface area is 123 Å². The SMILES string of the molecule is CC1CCC(C(=O)Nc2ccc(/C(N)=N/O)cc2F)CC1. The highest BCUT2D eigenvalue weighted by molar-refractivity contribution is 5.98. The third-order valence-corrected chi connectivity index (χ3v) is 4.02. The van der Waals surface area contributed by atoms with Crippen LogP contribution in [-0.2, 0) is 4.79 Å². The van der Waals surface area contributed by atoms with Crippen LogP contribution in [0.25, 0.3) is 0 Å². The molecular weight excluding hydrogens is 273 g/mol. The van der Waals surface area contributed by atoms with Crippen LogP contribution in [0.4, 0.5) is 10.1 Å². The van der Waals surface area contributed by atoms with Gasteiger partial charge in [0, 0.05) is 11.5 Å². The first kappa shape index (κ1) is 15.3. The summed E-state index contributed by atoms with van der Waals surface area (Å²) < 4.78 is 13.9. The standard InChI is InChI=1S/C15H20FN3O2/c1-9-2-4-10(5-3-9)15(20)18-13-7-6-11(8-12(13)16)14(17)19-21/h6-10,21H,2-5H2,1H3,(H2,17,19)(H,18,20). The molecule has 0 radical (unpaired) electrons. The monoisotopic (exact) mass is 293 g/mol. The Morgan fingerprint density at radius 1 is 1.38 bits per heavy atom. The number of oxime groups is 1. The zero-order chi connectivity index (χ0) is 15.4. The molecule has 1 aromatic rings. The average Bonchev–Trinajstić information content (AvgIpc) is 2.49. The maximum absolute atomic E-state index is 13.9. The van der Waals surface area contributed by atoms with E-state index in [0.717, 1.165) is 31.7 Å². The molecule has 2 rings (SSSR count). The van der Waals surface area contributed by atoms with Crippen molar-refractivity contribution >= 4 is 17.4 Å². The van der Waals surface area contributed by atoms with Crippen molar-refractivity contribution < 1.29 is 14.4 Å². The number of anilines is 1. The number of nitrogens with two attached hydrogens (primary N) is 1. The summed E-state index contributed by atoms with van der Waals surface area (Å²) in [5.74, 6) is -0.308. The molecule has 0 saturated heterocycles. The van der Waals surface area contributed by atoms with Crippen LogP contribution in [0.2, 0.25) is 0 Å². The van der Waals surface area contributed by atoms with Gasteiger partial charge in [-0.1, -0.05) is 12.1 Å². The van der Waals surface area contributed by atoms with Gasteiger partial charge in [-0.15, -0.1) is 0 Å². The minimum atomic E-state index is -0.600. The van der Waals surface area contributed by atoms with Gasteiger partial charge in [-0.05, 0) is 49.8 Å². The van der Waals surface area contributed by atoms with Crippen LogP contribution in [0, 0.1) is 17.7 Å². The fourth-order valence-electron chi connectivity index (χ4n) is 2.59. The molecule has 0 aromatic heterocycles. The Bertz CT molecular complexity index is 552. The van der Waals surface area contributed by atoms with E-state index in [1.807, 2.05) is 0 Å². The van der Waals surface area contributed by atoms with E-state index >= 15 is 0 Å². The highest BCUT2D eigenvalue weighted by Gasteiger charge is 2.24. The van der Waals surface area contributed by atoms with E-state index < -0.39 is 5.82 Å². The summed E-state index contributed by atoms with van der Waals surface area (Å²) in [6, 6.07) is 4.05. The molecule has 1 amide bonds. The number of nitrogens with zero attached hydrogens (tertiary/aromatic N) is 1. The van der Waals surface area contributed by atoms with E-state index in [1.165, 1.54) is 12.1 Å². The molecule has 21 heavy (non-hydrogen) atoms. The normalized spacial score (nSPS) is 22.9. The van der Waals surface area contributed by atoms with E-state index in [-0.39, 0.29) is 28.9 Å². The van der Waals surface area contributed by atoms with Crippen LogP contribution in [0.3, 0.4) is 0 Å². The molecule has 0 atom stereocenters. The zero-order valence-electron chi connectivity index (χ0n) is 12.0. The molecule has 1 aliphatic carbocycles. The molecule has 1 fully saturated rings. The smallest absolute Gasteiger partial charge is 0.227 e. The van der Waals surface area contributed by atoms with Crippen LogP contribution < -0.4 is 11.1 Å². The summed E-state index contributed by atoms with van der Waals surface area (Å²) >= 11 is 0. The minimum Gasteiger partial charge on any atom is -0.409 e. The summed E-state index contributed by atoms with van der Waals surface area (Å²) in [7, 11) is 0. The molecule has 0 aliphatic heterocycles. The van der Waals surface area contributed by atoms with Gasteiger partial charge in [0.15, 0.2) is 5.84 Å². The van der Waals surface area contributed by atoms with Crippen molar-refractivity contribution in [3.05, 3.63) is 29.6 Å². The average molecular weight is 293 g/mol. The minimum absolute atomic E-state index is 0.0515. The number of hydrogen-bond donors (Lipinski definition) is 3.